The molecule has 2 N–H and O–H groups in total. The molecular formula is C23H19N3O4S. The van der Waals surface area contributed by atoms with Crippen LogP contribution in [0.3, 0.4) is 0 Å². The molecular weight excluding hydrogens is 414 g/mol. The predicted octanol–water partition coefficient (Wildman–Crippen LogP) is 4.96. The first-order valence-corrected chi connectivity index (χ1v) is 10.7. The van der Waals surface area contributed by atoms with Gasteiger partial charge >= 0.3 is 5.97 Å². The number of aromatic nitrogens is 2. The summed E-state index contributed by atoms with van der Waals surface area (Å²) in [4.78, 5) is 22.0. The van der Waals surface area contributed by atoms with Crippen LogP contribution in [-0.2, 0) is 13.0 Å². The highest BCUT2D eigenvalue weighted by molar-refractivity contribution is 7.16. The molecule has 3 heterocycles. The van der Waals surface area contributed by atoms with E-state index in [-0.39, 0.29) is 12.4 Å². The number of thiophene rings is 1. The summed E-state index contributed by atoms with van der Waals surface area (Å²) >= 11 is 1.51. The van der Waals surface area contributed by atoms with Crippen molar-refractivity contribution in [2.75, 3.05) is 12.1 Å². The first-order chi connectivity index (χ1) is 15.1. The minimum absolute atomic E-state index is 0.237. The van der Waals surface area contributed by atoms with Crippen LogP contribution in [0.25, 0.3) is 21.6 Å². The first kappa shape index (κ1) is 19.3. The fourth-order valence-corrected chi connectivity index (χ4v) is 4.39. The van der Waals surface area contributed by atoms with Crippen LogP contribution in [0.15, 0.2) is 48.0 Å². The third-order valence-electron chi connectivity index (χ3n) is 5.20. The minimum atomic E-state index is -0.982. The Morgan fingerprint density at radius 1 is 1.19 bits per heavy atom. The molecule has 7 nitrogen and oxygen atoms in total. The summed E-state index contributed by atoms with van der Waals surface area (Å²) < 4.78 is 10.8. The standard InChI is InChI=1S/C23H19N3O4S/c1-2-14-8-16(24-10-13-3-4-18-19(7-13)30-12-29-18)9-17(20(14)23(27)28)21-25-11-15-5-6-31-22(15)26-21/h3-9,11,24H,2,10,12H2,1H3,(H,27,28). The molecule has 0 saturated carbocycles. The van der Waals surface area contributed by atoms with E-state index >= 15 is 0 Å². The van der Waals surface area contributed by atoms with Gasteiger partial charge in [-0.3, -0.25) is 0 Å². The number of carboxylic acid groups (broad SMARTS) is 1. The normalized spacial score (nSPS) is 12.3. The number of aryl methyl sites for hydroxylation is 1. The minimum Gasteiger partial charge on any atom is -0.478 e. The Kier molecular flexibility index (Phi) is 4.91. The number of nitrogens with one attached hydrogen (secondary N) is 1. The van der Waals surface area contributed by atoms with Crippen LogP contribution in [-0.4, -0.2) is 27.8 Å². The zero-order chi connectivity index (χ0) is 21.4. The predicted molar refractivity (Wildman–Crippen MR) is 119 cm³/mol. The SMILES string of the molecule is CCc1cc(NCc2ccc3c(c2)OCO3)cc(-c2ncc3ccsc3n2)c1C(=O)O. The van der Waals surface area contributed by atoms with Crippen LogP contribution in [0.4, 0.5) is 5.69 Å². The molecule has 0 amide bonds. The van der Waals surface area contributed by atoms with Crippen molar-refractivity contribution in [3.63, 3.8) is 0 Å². The van der Waals surface area contributed by atoms with E-state index in [0.717, 1.165) is 38.5 Å². The van der Waals surface area contributed by atoms with Crippen molar-refractivity contribution in [1.82, 2.24) is 9.97 Å². The number of carbonyl (C=O) groups is 1. The lowest BCUT2D eigenvalue weighted by Gasteiger charge is -2.15. The Morgan fingerprint density at radius 2 is 2.06 bits per heavy atom. The third-order valence-corrected chi connectivity index (χ3v) is 6.02. The van der Waals surface area contributed by atoms with Crippen LogP contribution in [0, 0.1) is 0 Å². The van der Waals surface area contributed by atoms with Gasteiger partial charge in [-0.25, -0.2) is 14.8 Å². The van der Waals surface area contributed by atoms with Gasteiger partial charge in [0.05, 0.1) is 5.56 Å². The summed E-state index contributed by atoms with van der Waals surface area (Å²) in [5, 5.41) is 16.2. The second-order valence-electron chi connectivity index (χ2n) is 7.13. The Bertz CT molecular complexity index is 1300. The fourth-order valence-electron chi connectivity index (χ4n) is 3.65. The van der Waals surface area contributed by atoms with E-state index in [1.807, 2.05) is 48.7 Å². The number of carboxylic acids is 1. The Balaban J connectivity index is 1.52. The van der Waals surface area contributed by atoms with Gasteiger partial charge in [0.25, 0.3) is 0 Å². The molecule has 0 atom stereocenters. The number of hydrogen-bond donors (Lipinski definition) is 2. The van der Waals surface area contributed by atoms with Gasteiger partial charge in [-0.2, -0.15) is 0 Å². The number of anilines is 1. The maximum absolute atomic E-state index is 12.1. The average Bonchev–Trinajstić information content (AvgIpc) is 3.44. The number of nitrogens with zero attached hydrogens (tertiary/aromatic N) is 2. The molecule has 2 aromatic heterocycles. The van der Waals surface area contributed by atoms with E-state index in [4.69, 9.17) is 9.47 Å². The van der Waals surface area contributed by atoms with Crippen LogP contribution in [0.5, 0.6) is 11.5 Å². The monoisotopic (exact) mass is 433 g/mol. The third kappa shape index (κ3) is 3.66. The Labute approximate surface area is 182 Å². The van der Waals surface area contributed by atoms with E-state index < -0.39 is 5.97 Å². The topological polar surface area (TPSA) is 93.6 Å². The molecule has 0 saturated heterocycles. The summed E-state index contributed by atoms with van der Waals surface area (Å²) in [6.45, 7) is 2.73. The number of hydrogen-bond acceptors (Lipinski definition) is 7. The van der Waals surface area contributed by atoms with Crippen molar-refractivity contribution in [2.24, 2.45) is 0 Å². The average molecular weight is 433 g/mol. The highest BCUT2D eigenvalue weighted by Gasteiger charge is 2.20. The van der Waals surface area contributed by atoms with E-state index in [1.54, 1.807) is 6.20 Å². The van der Waals surface area contributed by atoms with Gasteiger partial charge in [-0.1, -0.05) is 13.0 Å². The molecule has 4 aromatic rings. The molecule has 5 rings (SSSR count). The van der Waals surface area contributed by atoms with Crippen molar-refractivity contribution in [3.8, 4) is 22.9 Å². The summed E-state index contributed by atoms with van der Waals surface area (Å²) in [5.74, 6) is 0.900. The largest absolute Gasteiger partial charge is 0.478 e. The van der Waals surface area contributed by atoms with Gasteiger partial charge in [0.2, 0.25) is 6.79 Å². The summed E-state index contributed by atoms with van der Waals surface area (Å²) in [6.07, 6.45) is 2.31. The maximum Gasteiger partial charge on any atom is 0.336 e. The summed E-state index contributed by atoms with van der Waals surface area (Å²) in [5.41, 5.74) is 3.32. The van der Waals surface area contributed by atoms with E-state index in [1.165, 1.54) is 11.3 Å². The zero-order valence-corrected chi connectivity index (χ0v) is 17.5. The van der Waals surface area contributed by atoms with Gasteiger partial charge in [0, 0.05) is 29.4 Å². The van der Waals surface area contributed by atoms with Gasteiger partial charge in [0.15, 0.2) is 17.3 Å². The van der Waals surface area contributed by atoms with Crippen molar-refractivity contribution in [3.05, 3.63) is 64.7 Å². The molecule has 31 heavy (non-hydrogen) atoms. The van der Waals surface area contributed by atoms with Gasteiger partial charge in [0.1, 0.15) is 4.83 Å². The van der Waals surface area contributed by atoms with E-state index in [9.17, 15) is 9.90 Å². The molecule has 0 spiro atoms. The zero-order valence-electron chi connectivity index (χ0n) is 16.7. The Morgan fingerprint density at radius 3 is 2.90 bits per heavy atom. The molecule has 1 aliphatic rings. The molecule has 1 aliphatic heterocycles. The van der Waals surface area contributed by atoms with E-state index in [2.05, 4.69) is 15.3 Å². The molecule has 0 fully saturated rings. The fraction of sp³-hybridized carbons (Fsp3) is 0.174. The molecule has 8 heteroatoms. The molecule has 0 bridgehead atoms. The van der Waals surface area contributed by atoms with Crippen LogP contribution in [0.1, 0.15) is 28.4 Å². The van der Waals surface area contributed by atoms with Crippen LogP contribution in [0.2, 0.25) is 0 Å². The van der Waals surface area contributed by atoms with Crippen molar-refractivity contribution >= 4 is 33.2 Å². The maximum atomic E-state index is 12.1. The lowest BCUT2D eigenvalue weighted by molar-refractivity contribution is 0.0696. The summed E-state index contributed by atoms with van der Waals surface area (Å²) in [7, 11) is 0. The van der Waals surface area contributed by atoms with Crippen LogP contribution >= 0.6 is 11.3 Å². The highest BCUT2D eigenvalue weighted by atomic mass is 32.1. The van der Waals surface area contributed by atoms with E-state index in [0.29, 0.717) is 24.4 Å². The van der Waals surface area contributed by atoms with Gasteiger partial charge in [-0.15, -0.1) is 11.3 Å². The van der Waals surface area contributed by atoms with Crippen molar-refractivity contribution in [2.45, 2.75) is 19.9 Å². The molecule has 156 valence electrons. The lowest BCUT2D eigenvalue weighted by atomic mass is 9.97. The smallest absolute Gasteiger partial charge is 0.336 e. The highest BCUT2D eigenvalue weighted by Crippen LogP contribution is 2.34. The van der Waals surface area contributed by atoms with Gasteiger partial charge < -0.3 is 19.9 Å². The molecule has 0 unspecified atom stereocenters. The quantitative estimate of drug-likeness (QED) is 0.444. The van der Waals surface area contributed by atoms with Gasteiger partial charge in [-0.05, 0) is 53.3 Å². The Hall–Kier alpha value is -3.65. The van der Waals surface area contributed by atoms with Crippen molar-refractivity contribution in [1.29, 1.82) is 0 Å². The molecule has 0 aliphatic carbocycles. The second kappa shape index (κ2) is 7.88. The first-order valence-electron chi connectivity index (χ1n) is 9.85. The van der Waals surface area contributed by atoms with Crippen molar-refractivity contribution < 1.29 is 19.4 Å². The van der Waals surface area contributed by atoms with Crippen LogP contribution < -0.4 is 14.8 Å². The number of ether oxygens (including phenoxy) is 2. The number of fused-ring (bicyclic) bond motifs is 2. The number of aromatic carboxylic acids is 1. The molecule has 2 aromatic carbocycles. The molecule has 0 radical (unpaired) electrons. The summed E-state index contributed by atoms with van der Waals surface area (Å²) in [6, 6.07) is 11.4. The number of rotatable bonds is 6. The number of benzene rings is 2. The lowest BCUT2D eigenvalue weighted by Crippen LogP contribution is -2.08. The second-order valence-corrected chi connectivity index (χ2v) is 8.03.